The summed E-state index contributed by atoms with van der Waals surface area (Å²) in [5.74, 6) is 0.427. The Bertz CT molecular complexity index is 136. The maximum atomic E-state index is 7.31. The molecule has 1 heteroatoms. The van der Waals surface area contributed by atoms with Crippen LogP contribution in [0.15, 0.2) is 12.2 Å². The van der Waals surface area contributed by atoms with Gasteiger partial charge in [-0.15, -0.1) is 6.58 Å². The monoisotopic (exact) mass is 139 g/mol. The van der Waals surface area contributed by atoms with E-state index in [0.717, 1.165) is 18.6 Å². The molecule has 0 heterocycles. The van der Waals surface area contributed by atoms with Gasteiger partial charge in [0.2, 0.25) is 0 Å². The van der Waals surface area contributed by atoms with Crippen LogP contribution < -0.4 is 0 Å². The van der Waals surface area contributed by atoms with E-state index in [4.69, 9.17) is 5.41 Å². The topological polar surface area (TPSA) is 23.9 Å². The molecule has 0 aliphatic rings. The molecule has 0 aliphatic carbocycles. The average Bonchev–Trinajstić information content (AvgIpc) is 1.82. The second-order valence-electron chi connectivity index (χ2n) is 3.08. The highest BCUT2D eigenvalue weighted by molar-refractivity contribution is 5.80. The summed E-state index contributed by atoms with van der Waals surface area (Å²) < 4.78 is 0. The molecule has 0 fully saturated rings. The normalized spacial score (nSPS) is 12.7. The lowest BCUT2D eigenvalue weighted by molar-refractivity contribution is 0.673. The SMILES string of the molecule is C=C(C)CCC(C)C(C)=N. The van der Waals surface area contributed by atoms with Crippen LogP contribution in [0.25, 0.3) is 0 Å². The van der Waals surface area contributed by atoms with E-state index >= 15 is 0 Å². The fraction of sp³-hybridized carbons (Fsp3) is 0.667. The lowest BCUT2D eigenvalue weighted by Crippen LogP contribution is -2.04. The molecular weight excluding hydrogens is 122 g/mol. The molecule has 1 atom stereocenters. The van der Waals surface area contributed by atoms with Crippen molar-refractivity contribution in [3.8, 4) is 0 Å². The summed E-state index contributed by atoms with van der Waals surface area (Å²) in [6.45, 7) is 9.80. The third-order valence-electron chi connectivity index (χ3n) is 1.74. The van der Waals surface area contributed by atoms with E-state index in [1.807, 2.05) is 13.8 Å². The lowest BCUT2D eigenvalue weighted by atomic mass is 9.99. The highest BCUT2D eigenvalue weighted by Crippen LogP contribution is 2.10. The molecule has 1 nitrogen and oxygen atoms in total. The number of allylic oxidation sites excluding steroid dienone is 1. The van der Waals surface area contributed by atoms with Crippen LogP contribution in [0, 0.1) is 11.3 Å². The van der Waals surface area contributed by atoms with Crippen molar-refractivity contribution in [3.63, 3.8) is 0 Å². The lowest BCUT2D eigenvalue weighted by Gasteiger charge is -2.07. The first-order chi connectivity index (χ1) is 4.54. The zero-order valence-electron chi connectivity index (χ0n) is 7.20. The van der Waals surface area contributed by atoms with Gasteiger partial charge in [-0.1, -0.05) is 12.5 Å². The minimum atomic E-state index is 0.427. The van der Waals surface area contributed by atoms with Crippen LogP contribution in [0.3, 0.4) is 0 Å². The van der Waals surface area contributed by atoms with Crippen molar-refractivity contribution < 1.29 is 0 Å². The molecule has 0 aromatic heterocycles. The number of hydrogen-bond donors (Lipinski definition) is 1. The average molecular weight is 139 g/mol. The first kappa shape index (κ1) is 9.41. The van der Waals surface area contributed by atoms with Gasteiger partial charge in [0, 0.05) is 5.71 Å². The summed E-state index contributed by atoms with van der Waals surface area (Å²) in [5.41, 5.74) is 1.99. The van der Waals surface area contributed by atoms with Crippen molar-refractivity contribution in [1.82, 2.24) is 0 Å². The van der Waals surface area contributed by atoms with Crippen LogP contribution in [0.1, 0.15) is 33.6 Å². The second-order valence-corrected chi connectivity index (χ2v) is 3.08. The summed E-state index contributed by atoms with van der Waals surface area (Å²) in [5, 5.41) is 7.31. The molecule has 58 valence electrons. The quantitative estimate of drug-likeness (QED) is 0.457. The van der Waals surface area contributed by atoms with Gasteiger partial charge < -0.3 is 5.41 Å². The van der Waals surface area contributed by atoms with Gasteiger partial charge in [-0.05, 0) is 32.6 Å². The predicted molar refractivity (Wildman–Crippen MR) is 46.6 cm³/mol. The van der Waals surface area contributed by atoms with Crippen LogP contribution >= 0.6 is 0 Å². The zero-order chi connectivity index (χ0) is 8.15. The van der Waals surface area contributed by atoms with Gasteiger partial charge in [0.15, 0.2) is 0 Å². The van der Waals surface area contributed by atoms with Crippen LogP contribution in [0.5, 0.6) is 0 Å². The largest absolute Gasteiger partial charge is 0.310 e. The standard InChI is InChI=1S/C9H17N/c1-7(2)5-6-8(3)9(4)10/h8,10H,1,5-6H2,2-4H3. The van der Waals surface area contributed by atoms with Crippen molar-refractivity contribution in [1.29, 1.82) is 5.41 Å². The molecule has 0 spiro atoms. The van der Waals surface area contributed by atoms with E-state index in [9.17, 15) is 0 Å². The third-order valence-corrected chi connectivity index (χ3v) is 1.74. The summed E-state index contributed by atoms with van der Waals surface area (Å²) in [4.78, 5) is 0. The molecule has 0 aliphatic heterocycles. The molecular formula is C9H17N. The second kappa shape index (κ2) is 4.26. The van der Waals surface area contributed by atoms with Gasteiger partial charge in [0.1, 0.15) is 0 Å². The van der Waals surface area contributed by atoms with E-state index in [-0.39, 0.29) is 0 Å². The molecule has 0 radical (unpaired) electrons. The van der Waals surface area contributed by atoms with Gasteiger partial charge in [0.05, 0.1) is 0 Å². The molecule has 0 aromatic carbocycles. The third kappa shape index (κ3) is 4.30. The Hall–Kier alpha value is -0.590. The van der Waals surface area contributed by atoms with Gasteiger partial charge in [-0.25, -0.2) is 0 Å². The molecule has 0 rings (SSSR count). The maximum absolute atomic E-state index is 7.31. The Morgan fingerprint density at radius 1 is 1.50 bits per heavy atom. The number of nitrogens with one attached hydrogen (secondary N) is 1. The van der Waals surface area contributed by atoms with Crippen molar-refractivity contribution in [2.45, 2.75) is 33.6 Å². The molecule has 0 saturated heterocycles. The number of hydrogen-bond acceptors (Lipinski definition) is 1. The predicted octanol–water partition coefficient (Wildman–Crippen LogP) is 3.02. The summed E-state index contributed by atoms with van der Waals surface area (Å²) >= 11 is 0. The minimum absolute atomic E-state index is 0.427. The molecule has 0 aromatic rings. The van der Waals surface area contributed by atoms with Gasteiger partial charge in [-0.3, -0.25) is 0 Å². The van der Waals surface area contributed by atoms with Crippen LogP contribution in [0.4, 0.5) is 0 Å². The van der Waals surface area contributed by atoms with Crippen LogP contribution in [0.2, 0.25) is 0 Å². The van der Waals surface area contributed by atoms with Gasteiger partial charge >= 0.3 is 0 Å². The summed E-state index contributed by atoms with van der Waals surface area (Å²) in [7, 11) is 0. The van der Waals surface area contributed by atoms with E-state index in [1.165, 1.54) is 5.57 Å². The molecule has 10 heavy (non-hydrogen) atoms. The van der Waals surface area contributed by atoms with Crippen LogP contribution in [-0.2, 0) is 0 Å². The molecule has 0 amide bonds. The van der Waals surface area contributed by atoms with Gasteiger partial charge in [0.25, 0.3) is 0 Å². The fourth-order valence-electron chi connectivity index (χ4n) is 0.679. The van der Waals surface area contributed by atoms with E-state index < -0.39 is 0 Å². The highest BCUT2D eigenvalue weighted by atomic mass is 14.4. The Balaban J connectivity index is 3.49. The Morgan fingerprint density at radius 2 is 2.00 bits per heavy atom. The Labute approximate surface area is 63.7 Å². The van der Waals surface area contributed by atoms with Gasteiger partial charge in [-0.2, -0.15) is 0 Å². The first-order valence-electron chi connectivity index (χ1n) is 3.73. The van der Waals surface area contributed by atoms with E-state index in [1.54, 1.807) is 0 Å². The summed E-state index contributed by atoms with van der Waals surface area (Å²) in [6, 6.07) is 0. The summed E-state index contributed by atoms with van der Waals surface area (Å²) in [6.07, 6.45) is 2.13. The van der Waals surface area contributed by atoms with Crippen molar-refractivity contribution in [2.24, 2.45) is 5.92 Å². The number of rotatable bonds is 4. The Morgan fingerprint density at radius 3 is 2.30 bits per heavy atom. The van der Waals surface area contributed by atoms with E-state index in [2.05, 4.69) is 13.5 Å². The first-order valence-corrected chi connectivity index (χ1v) is 3.73. The molecule has 1 N–H and O–H groups in total. The maximum Gasteiger partial charge on any atom is 0.00864 e. The molecule has 1 unspecified atom stereocenters. The van der Waals surface area contributed by atoms with Crippen molar-refractivity contribution in [3.05, 3.63) is 12.2 Å². The smallest absolute Gasteiger partial charge is 0.00864 e. The fourth-order valence-corrected chi connectivity index (χ4v) is 0.679. The van der Waals surface area contributed by atoms with E-state index in [0.29, 0.717) is 5.92 Å². The van der Waals surface area contributed by atoms with Crippen molar-refractivity contribution >= 4 is 5.71 Å². The minimum Gasteiger partial charge on any atom is -0.310 e. The van der Waals surface area contributed by atoms with Crippen LogP contribution in [-0.4, -0.2) is 5.71 Å². The molecule has 0 bridgehead atoms. The zero-order valence-corrected chi connectivity index (χ0v) is 7.20. The van der Waals surface area contributed by atoms with Crippen molar-refractivity contribution in [2.75, 3.05) is 0 Å². The molecule has 0 saturated carbocycles. The Kier molecular flexibility index (Phi) is 4.01. The highest BCUT2D eigenvalue weighted by Gasteiger charge is 2.02.